The van der Waals surface area contributed by atoms with E-state index in [1.165, 1.54) is 19.3 Å². The first-order valence-corrected chi connectivity index (χ1v) is 4.91. The lowest BCUT2D eigenvalue weighted by Gasteiger charge is -2.24. The topological polar surface area (TPSA) is 56.7 Å². The molecule has 1 aromatic heterocycles. The van der Waals surface area contributed by atoms with Crippen LogP contribution in [-0.2, 0) is 6.54 Å². The van der Waals surface area contributed by atoms with Gasteiger partial charge in [-0.2, -0.15) is 4.98 Å². The van der Waals surface area contributed by atoms with Crippen LogP contribution < -0.4 is 5.73 Å². The summed E-state index contributed by atoms with van der Waals surface area (Å²) in [6.07, 6.45) is 3.98. The highest BCUT2D eigenvalue weighted by atomic mass is 79.9. The van der Waals surface area contributed by atoms with Crippen molar-refractivity contribution in [1.82, 2.24) is 14.8 Å². The number of aromatic nitrogens is 3. The van der Waals surface area contributed by atoms with Gasteiger partial charge in [0.2, 0.25) is 5.95 Å². The number of anilines is 1. The van der Waals surface area contributed by atoms with Gasteiger partial charge in [-0.15, -0.1) is 5.10 Å². The van der Waals surface area contributed by atoms with Gasteiger partial charge in [0.25, 0.3) is 0 Å². The van der Waals surface area contributed by atoms with E-state index in [0.29, 0.717) is 5.95 Å². The Kier molecular flexibility index (Phi) is 2.04. The maximum atomic E-state index is 5.44. The SMILES string of the molecule is Nc1nc(Br)n(CC2CCC2)n1. The molecule has 5 heteroatoms. The Hall–Kier alpha value is -0.580. The van der Waals surface area contributed by atoms with E-state index in [9.17, 15) is 0 Å². The molecule has 0 aromatic carbocycles. The van der Waals surface area contributed by atoms with Gasteiger partial charge in [0.05, 0.1) is 0 Å². The zero-order valence-corrected chi connectivity index (χ0v) is 8.29. The van der Waals surface area contributed by atoms with Crippen molar-refractivity contribution < 1.29 is 0 Å². The van der Waals surface area contributed by atoms with E-state index in [4.69, 9.17) is 5.73 Å². The molecule has 66 valence electrons. The quantitative estimate of drug-likeness (QED) is 0.837. The lowest BCUT2D eigenvalue weighted by Crippen LogP contribution is -2.19. The van der Waals surface area contributed by atoms with E-state index in [2.05, 4.69) is 26.0 Å². The second kappa shape index (κ2) is 3.05. The largest absolute Gasteiger partial charge is 0.366 e. The molecular formula is C7H11BrN4. The summed E-state index contributed by atoms with van der Waals surface area (Å²) in [5.41, 5.74) is 5.44. The fourth-order valence-electron chi connectivity index (χ4n) is 1.38. The van der Waals surface area contributed by atoms with Crippen molar-refractivity contribution in [2.45, 2.75) is 25.8 Å². The van der Waals surface area contributed by atoms with Crippen LogP contribution in [0.1, 0.15) is 19.3 Å². The minimum atomic E-state index is 0.348. The zero-order valence-electron chi connectivity index (χ0n) is 6.70. The number of hydrogen-bond acceptors (Lipinski definition) is 3. The summed E-state index contributed by atoms with van der Waals surface area (Å²) in [5, 5.41) is 4.07. The number of halogens is 1. The molecular weight excluding hydrogens is 220 g/mol. The summed E-state index contributed by atoms with van der Waals surface area (Å²) in [6, 6.07) is 0. The summed E-state index contributed by atoms with van der Waals surface area (Å²) in [5.74, 6) is 1.13. The van der Waals surface area contributed by atoms with Crippen molar-refractivity contribution in [3.63, 3.8) is 0 Å². The summed E-state index contributed by atoms with van der Waals surface area (Å²) < 4.78 is 2.58. The third-order valence-electron chi connectivity index (χ3n) is 2.30. The molecule has 0 atom stereocenters. The van der Waals surface area contributed by atoms with Crippen LogP contribution in [-0.4, -0.2) is 14.8 Å². The maximum absolute atomic E-state index is 5.44. The number of rotatable bonds is 2. The lowest BCUT2D eigenvalue weighted by atomic mass is 9.86. The van der Waals surface area contributed by atoms with Gasteiger partial charge < -0.3 is 5.73 Å². The van der Waals surface area contributed by atoms with Crippen molar-refractivity contribution in [2.24, 2.45) is 5.92 Å². The van der Waals surface area contributed by atoms with Gasteiger partial charge in [-0.3, -0.25) is 0 Å². The highest BCUT2D eigenvalue weighted by molar-refractivity contribution is 9.10. The first-order valence-electron chi connectivity index (χ1n) is 4.11. The number of nitrogen functional groups attached to an aromatic ring is 1. The van der Waals surface area contributed by atoms with E-state index < -0.39 is 0 Å². The smallest absolute Gasteiger partial charge is 0.240 e. The van der Waals surface area contributed by atoms with Crippen molar-refractivity contribution in [1.29, 1.82) is 0 Å². The van der Waals surface area contributed by atoms with E-state index in [1.54, 1.807) is 0 Å². The summed E-state index contributed by atoms with van der Waals surface area (Å²) in [6.45, 7) is 0.949. The molecule has 2 N–H and O–H groups in total. The van der Waals surface area contributed by atoms with Crippen molar-refractivity contribution in [3.8, 4) is 0 Å². The van der Waals surface area contributed by atoms with Crippen LogP contribution in [0.2, 0.25) is 0 Å². The van der Waals surface area contributed by atoms with Crippen LogP contribution in [0.15, 0.2) is 4.73 Å². The molecule has 1 aliphatic rings. The molecule has 0 bridgehead atoms. The molecule has 0 radical (unpaired) electrons. The molecule has 1 aromatic rings. The molecule has 12 heavy (non-hydrogen) atoms. The predicted octanol–water partition coefficient (Wildman–Crippen LogP) is 1.42. The van der Waals surface area contributed by atoms with Gasteiger partial charge in [0.1, 0.15) is 0 Å². The van der Waals surface area contributed by atoms with Crippen LogP contribution in [0.4, 0.5) is 5.95 Å². The molecule has 1 saturated carbocycles. The predicted molar refractivity (Wildman–Crippen MR) is 49.5 cm³/mol. The highest BCUT2D eigenvalue weighted by Crippen LogP contribution is 2.28. The van der Waals surface area contributed by atoms with E-state index in [1.807, 2.05) is 4.68 Å². The average molecular weight is 231 g/mol. The average Bonchev–Trinajstić information content (AvgIpc) is 2.21. The molecule has 0 aliphatic heterocycles. The Labute approximate surface area is 79.3 Å². The third-order valence-corrected chi connectivity index (χ3v) is 2.89. The minimum absolute atomic E-state index is 0.348. The number of nitrogens with two attached hydrogens (primary N) is 1. The Morgan fingerprint density at radius 1 is 1.58 bits per heavy atom. The molecule has 4 nitrogen and oxygen atoms in total. The Bertz CT molecular complexity index is 279. The molecule has 2 rings (SSSR count). The van der Waals surface area contributed by atoms with Gasteiger partial charge >= 0.3 is 0 Å². The zero-order chi connectivity index (χ0) is 8.55. The monoisotopic (exact) mass is 230 g/mol. The van der Waals surface area contributed by atoms with Crippen LogP contribution in [0.25, 0.3) is 0 Å². The van der Waals surface area contributed by atoms with Gasteiger partial charge in [0, 0.05) is 6.54 Å². The Morgan fingerprint density at radius 2 is 2.33 bits per heavy atom. The van der Waals surface area contributed by atoms with Crippen molar-refractivity contribution >= 4 is 21.9 Å². The van der Waals surface area contributed by atoms with Gasteiger partial charge in [-0.1, -0.05) is 6.42 Å². The van der Waals surface area contributed by atoms with Gasteiger partial charge in [-0.25, -0.2) is 4.68 Å². The lowest BCUT2D eigenvalue weighted by molar-refractivity contribution is 0.264. The van der Waals surface area contributed by atoms with Crippen molar-refractivity contribution in [3.05, 3.63) is 4.73 Å². The number of hydrogen-bond donors (Lipinski definition) is 1. The first-order chi connectivity index (χ1) is 5.75. The van der Waals surface area contributed by atoms with E-state index in [-0.39, 0.29) is 0 Å². The molecule has 0 amide bonds. The molecule has 0 spiro atoms. The minimum Gasteiger partial charge on any atom is -0.366 e. The third kappa shape index (κ3) is 1.46. The second-order valence-electron chi connectivity index (χ2n) is 3.22. The molecule has 1 fully saturated rings. The van der Waals surface area contributed by atoms with Crippen LogP contribution in [0.5, 0.6) is 0 Å². The van der Waals surface area contributed by atoms with E-state index in [0.717, 1.165) is 17.2 Å². The van der Waals surface area contributed by atoms with Crippen LogP contribution in [0.3, 0.4) is 0 Å². The first kappa shape index (κ1) is 8.04. The number of nitrogens with zero attached hydrogens (tertiary/aromatic N) is 3. The van der Waals surface area contributed by atoms with Crippen molar-refractivity contribution in [2.75, 3.05) is 5.73 Å². The summed E-state index contributed by atoms with van der Waals surface area (Å²) >= 11 is 3.31. The Morgan fingerprint density at radius 3 is 2.75 bits per heavy atom. The Balaban J connectivity index is 2.05. The fourth-order valence-corrected chi connectivity index (χ4v) is 1.78. The molecule has 0 unspecified atom stereocenters. The van der Waals surface area contributed by atoms with Crippen LogP contribution in [0, 0.1) is 5.92 Å². The van der Waals surface area contributed by atoms with Crippen LogP contribution >= 0.6 is 15.9 Å². The molecule has 0 saturated heterocycles. The maximum Gasteiger partial charge on any atom is 0.240 e. The van der Waals surface area contributed by atoms with E-state index >= 15 is 0 Å². The normalized spacial score (nSPS) is 17.8. The fraction of sp³-hybridized carbons (Fsp3) is 0.714. The van der Waals surface area contributed by atoms with Gasteiger partial charge in [0.15, 0.2) is 4.73 Å². The highest BCUT2D eigenvalue weighted by Gasteiger charge is 2.19. The summed E-state index contributed by atoms with van der Waals surface area (Å²) in [4.78, 5) is 3.97. The second-order valence-corrected chi connectivity index (χ2v) is 3.93. The molecule has 1 aliphatic carbocycles. The van der Waals surface area contributed by atoms with Gasteiger partial charge in [-0.05, 0) is 34.7 Å². The molecule has 1 heterocycles. The summed E-state index contributed by atoms with van der Waals surface area (Å²) in [7, 11) is 0. The standard InChI is InChI=1S/C7H11BrN4/c8-6-10-7(9)11-12(6)4-5-2-1-3-5/h5H,1-4H2,(H2,9,11).